The molecule has 0 aromatic rings. The Kier molecular flexibility index (Phi) is 9.59. The second-order valence-corrected chi connectivity index (χ2v) is 6.84. The maximum Gasteiger partial charge on any atom is 0.00924 e. The lowest BCUT2D eigenvalue weighted by Crippen LogP contribution is -2.36. The van der Waals surface area contributed by atoms with E-state index in [1.54, 1.807) is 0 Å². The predicted molar refractivity (Wildman–Crippen MR) is 86.6 cm³/mol. The van der Waals surface area contributed by atoms with Gasteiger partial charge in [0.25, 0.3) is 0 Å². The average Bonchev–Trinajstić information content (AvgIpc) is 2.42. The third-order valence-electron chi connectivity index (χ3n) is 5.04. The molecule has 1 fully saturated rings. The van der Waals surface area contributed by atoms with E-state index in [-0.39, 0.29) is 0 Å². The normalized spacial score (nSPS) is 25.4. The number of hydrogen-bond donors (Lipinski definition) is 1. The average molecular weight is 268 g/mol. The van der Waals surface area contributed by atoms with Crippen LogP contribution in [0.1, 0.15) is 90.9 Å². The van der Waals surface area contributed by atoms with E-state index < -0.39 is 0 Å². The first-order valence-corrected chi connectivity index (χ1v) is 8.95. The summed E-state index contributed by atoms with van der Waals surface area (Å²) >= 11 is 0. The highest BCUT2D eigenvalue weighted by atomic mass is 14.9. The van der Waals surface area contributed by atoms with Gasteiger partial charge in [0.2, 0.25) is 0 Å². The van der Waals surface area contributed by atoms with E-state index in [1.807, 2.05) is 0 Å². The number of hydrogen-bond acceptors (Lipinski definition) is 1. The fourth-order valence-electron chi connectivity index (χ4n) is 3.78. The predicted octanol–water partition coefficient (Wildman–Crippen LogP) is 5.54. The van der Waals surface area contributed by atoms with Crippen molar-refractivity contribution in [1.82, 2.24) is 5.32 Å². The third-order valence-corrected chi connectivity index (χ3v) is 5.04. The zero-order chi connectivity index (χ0) is 13.9. The van der Waals surface area contributed by atoms with Crippen LogP contribution < -0.4 is 5.32 Å². The fourth-order valence-corrected chi connectivity index (χ4v) is 3.78. The molecule has 1 heteroatoms. The van der Waals surface area contributed by atoms with E-state index in [2.05, 4.69) is 26.2 Å². The molecular formula is C18H37N. The van der Waals surface area contributed by atoms with Crippen LogP contribution in [0.25, 0.3) is 0 Å². The van der Waals surface area contributed by atoms with Crippen molar-refractivity contribution in [3.05, 3.63) is 0 Å². The molecule has 0 heterocycles. The van der Waals surface area contributed by atoms with Crippen LogP contribution in [0.5, 0.6) is 0 Å². The van der Waals surface area contributed by atoms with Gasteiger partial charge in [0.1, 0.15) is 0 Å². The minimum absolute atomic E-state index is 0.790. The van der Waals surface area contributed by atoms with Crippen molar-refractivity contribution in [2.75, 3.05) is 7.05 Å². The Labute approximate surface area is 121 Å². The second kappa shape index (κ2) is 10.7. The minimum Gasteiger partial charge on any atom is -0.317 e. The standard InChI is InChI=1S/C18H37N/c1-4-5-6-7-8-9-10-14-18(19-3)17-13-11-12-16(2)15-17/h16-19H,4-15H2,1-3H3. The summed E-state index contributed by atoms with van der Waals surface area (Å²) in [6.07, 6.45) is 17.3. The van der Waals surface area contributed by atoms with Gasteiger partial charge in [-0.3, -0.25) is 0 Å². The van der Waals surface area contributed by atoms with E-state index >= 15 is 0 Å². The van der Waals surface area contributed by atoms with Gasteiger partial charge >= 0.3 is 0 Å². The Balaban J connectivity index is 2.07. The maximum atomic E-state index is 3.60. The summed E-state index contributed by atoms with van der Waals surface area (Å²) in [5.74, 6) is 1.91. The van der Waals surface area contributed by atoms with Gasteiger partial charge in [0, 0.05) is 6.04 Å². The Hall–Kier alpha value is -0.0400. The van der Waals surface area contributed by atoms with Gasteiger partial charge in [-0.15, -0.1) is 0 Å². The van der Waals surface area contributed by atoms with Gasteiger partial charge in [-0.05, 0) is 38.1 Å². The van der Waals surface area contributed by atoms with Crippen molar-refractivity contribution in [3.8, 4) is 0 Å². The van der Waals surface area contributed by atoms with Crippen molar-refractivity contribution < 1.29 is 0 Å². The Bertz CT molecular complexity index is 202. The molecule has 1 aliphatic carbocycles. The molecule has 3 atom stereocenters. The molecule has 1 N–H and O–H groups in total. The summed E-state index contributed by atoms with van der Waals surface area (Å²) in [6.45, 7) is 4.73. The van der Waals surface area contributed by atoms with Crippen molar-refractivity contribution in [2.24, 2.45) is 11.8 Å². The highest BCUT2D eigenvalue weighted by molar-refractivity contribution is 4.80. The van der Waals surface area contributed by atoms with Crippen molar-refractivity contribution >= 4 is 0 Å². The summed E-state index contributed by atoms with van der Waals surface area (Å²) < 4.78 is 0. The van der Waals surface area contributed by atoms with Crippen LogP contribution in [0.4, 0.5) is 0 Å². The topological polar surface area (TPSA) is 12.0 Å². The van der Waals surface area contributed by atoms with E-state index in [9.17, 15) is 0 Å². The zero-order valence-electron chi connectivity index (χ0n) is 13.7. The van der Waals surface area contributed by atoms with Crippen LogP contribution in [0.3, 0.4) is 0 Å². The first-order valence-electron chi connectivity index (χ1n) is 8.95. The second-order valence-electron chi connectivity index (χ2n) is 6.84. The van der Waals surface area contributed by atoms with Crippen LogP contribution in [0.15, 0.2) is 0 Å². The molecular weight excluding hydrogens is 230 g/mol. The molecule has 1 nitrogen and oxygen atoms in total. The monoisotopic (exact) mass is 267 g/mol. The van der Waals surface area contributed by atoms with Crippen LogP contribution in [0.2, 0.25) is 0 Å². The Morgan fingerprint density at radius 3 is 2.32 bits per heavy atom. The molecule has 1 saturated carbocycles. The smallest absolute Gasteiger partial charge is 0.00924 e. The summed E-state index contributed by atoms with van der Waals surface area (Å²) in [5.41, 5.74) is 0. The SMILES string of the molecule is CCCCCCCCCC(NC)C1CCCC(C)C1. The lowest BCUT2D eigenvalue weighted by Gasteiger charge is -2.33. The molecule has 19 heavy (non-hydrogen) atoms. The van der Waals surface area contributed by atoms with E-state index in [1.165, 1.54) is 77.0 Å². The van der Waals surface area contributed by atoms with E-state index in [0.29, 0.717) is 0 Å². The summed E-state index contributed by atoms with van der Waals surface area (Å²) in [7, 11) is 2.17. The first kappa shape index (κ1) is 17.0. The minimum atomic E-state index is 0.790. The lowest BCUT2D eigenvalue weighted by atomic mass is 9.77. The molecule has 0 spiro atoms. The first-order chi connectivity index (χ1) is 9.27. The molecule has 0 aliphatic heterocycles. The number of rotatable bonds is 10. The third kappa shape index (κ3) is 7.34. The van der Waals surface area contributed by atoms with E-state index in [4.69, 9.17) is 0 Å². The largest absolute Gasteiger partial charge is 0.317 e. The number of nitrogens with one attached hydrogen (secondary N) is 1. The van der Waals surface area contributed by atoms with Gasteiger partial charge in [0.15, 0.2) is 0 Å². The highest BCUT2D eigenvalue weighted by Crippen LogP contribution is 2.32. The molecule has 0 radical (unpaired) electrons. The molecule has 3 unspecified atom stereocenters. The summed E-state index contributed by atoms with van der Waals surface area (Å²) in [5, 5.41) is 3.60. The molecule has 1 rings (SSSR count). The zero-order valence-corrected chi connectivity index (χ0v) is 13.7. The molecule has 0 bridgehead atoms. The quantitative estimate of drug-likeness (QED) is 0.512. The molecule has 1 aliphatic rings. The van der Waals surface area contributed by atoms with Gasteiger partial charge in [-0.2, -0.15) is 0 Å². The van der Waals surface area contributed by atoms with Crippen molar-refractivity contribution in [3.63, 3.8) is 0 Å². The highest BCUT2D eigenvalue weighted by Gasteiger charge is 2.25. The lowest BCUT2D eigenvalue weighted by molar-refractivity contribution is 0.218. The van der Waals surface area contributed by atoms with Crippen LogP contribution in [-0.4, -0.2) is 13.1 Å². The molecule has 0 saturated heterocycles. The molecule has 114 valence electrons. The van der Waals surface area contributed by atoms with Crippen LogP contribution in [0, 0.1) is 11.8 Å². The molecule has 0 aromatic carbocycles. The van der Waals surface area contributed by atoms with Gasteiger partial charge in [-0.25, -0.2) is 0 Å². The molecule has 0 aromatic heterocycles. The van der Waals surface area contributed by atoms with Gasteiger partial charge < -0.3 is 5.32 Å². The van der Waals surface area contributed by atoms with Gasteiger partial charge in [0.05, 0.1) is 0 Å². The van der Waals surface area contributed by atoms with Crippen molar-refractivity contribution in [2.45, 2.75) is 96.9 Å². The summed E-state index contributed by atoms with van der Waals surface area (Å²) in [4.78, 5) is 0. The van der Waals surface area contributed by atoms with E-state index in [0.717, 1.165) is 17.9 Å². The van der Waals surface area contributed by atoms with Gasteiger partial charge in [-0.1, -0.05) is 71.6 Å². The molecule has 0 amide bonds. The Morgan fingerprint density at radius 2 is 1.68 bits per heavy atom. The van der Waals surface area contributed by atoms with Crippen LogP contribution >= 0.6 is 0 Å². The van der Waals surface area contributed by atoms with Crippen molar-refractivity contribution in [1.29, 1.82) is 0 Å². The van der Waals surface area contributed by atoms with Crippen LogP contribution in [-0.2, 0) is 0 Å². The Morgan fingerprint density at radius 1 is 1.00 bits per heavy atom. The maximum absolute atomic E-state index is 3.60. The number of unbranched alkanes of at least 4 members (excludes halogenated alkanes) is 6. The summed E-state index contributed by atoms with van der Waals surface area (Å²) in [6, 6.07) is 0.790. The fraction of sp³-hybridized carbons (Fsp3) is 1.00.